The van der Waals surface area contributed by atoms with Gasteiger partial charge >= 0.3 is 6.09 Å². The van der Waals surface area contributed by atoms with Gasteiger partial charge in [-0.3, -0.25) is 4.99 Å². The summed E-state index contributed by atoms with van der Waals surface area (Å²) in [7, 11) is 0. The zero-order valence-corrected chi connectivity index (χ0v) is 16.8. The Morgan fingerprint density at radius 1 is 1.22 bits per heavy atom. The maximum absolute atomic E-state index is 11.7. The van der Waals surface area contributed by atoms with Gasteiger partial charge < -0.3 is 25.0 Å². The predicted octanol–water partition coefficient (Wildman–Crippen LogP) is 1.82. The maximum atomic E-state index is 11.7. The first-order valence-electron chi connectivity index (χ1n) is 8.25. The quantitative estimate of drug-likeness (QED) is 0.272. The first kappa shape index (κ1) is 22.2. The molecule has 0 radical (unpaired) electrons. The topological polar surface area (TPSA) is 75.2 Å². The van der Waals surface area contributed by atoms with E-state index in [2.05, 4.69) is 15.6 Å². The number of piperidine rings is 1. The number of amides is 1. The summed E-state index contributed by atoms with van der Waals surface area (Å²) >= 11 is 0. The minimum absolute atomic E-state index is 0. The highest BCUT2D eigenvalue weighted by Gasteiger charge is 2.23. The molecule has 0 aromatic heterocycles. The number of hydrogen-bond donors (Lipinski definition) is 2. The molecule has 1 amide bonds. The fourth-order valence-corrected chi connectivity index (χ4v) is 2.30. The molecule has 0 unspecified atom stereocenters. The van der Waals surface area contributed by atoms with Gasteiger partial charge in [0.05, 0.1) is 19.8 Å². The second-order valence-corrected chi connectivity index (χ2v) is 5.06. The Kier molecular flexibility index (Phi) is 13.2. The summed E-state index contributed by atoms with van der Waals surface area (Å²) in [5, 5.41) is 6.67. The number of carbonyl (C=O) groups excluding carboxylic acids is 1. The minimum atomic E-state index is -0.210. The van der Waals surface area contributed by atoms with Crippen molar-refractivity contribution in [3.63, 3.8) is 0 Å². The average molecular weight is 442 g/mol. The van der Waals surface area contributed by atoms with Crippen LogP contribution in [0.1, 0.15) is 33.6 Å². The van der Waals surface area contributed by atoms with Crippen LogP contribution in [-0.4, -0.2) is 69.0 Å². The summed E-state index contributed by atoms with van der Waals surface area (Å²) in [5.74, 6) is 0.816. The van der Waals surface area contributed by atoms with E-state index in [0.29, 0.717) is 32.4 Å². The number of nitrogens with one attached hydrogen (secondary N) is 2. The van der Waals surface area contributed by atoms with Gasteiger partial charge in [-0.05, 0) is 33.6 Å². The Labute approximate surface area is 156 Å². The zero-order valence-electron chi connectivity index (χ0n) is 14.5. The first-order chi connectivity index (χ1) is 10.7. The van der Waals surface area contributed by atoms with E-state index < -0.39 is 0 Å². The monoisotopic (exact) mass is 442 g/mol. The smallest absolute Gasteiger partial charge is 0.409 e. The number of carbonyl (C=O) groups is 1. The van der Waals surface area contributed by atoms with E-state index in [-0.39, 0.29) is 30.1 Å². The van der Waals surface area contributed by atoms with E-state index in [1.807, 2.05) is 20.8 Å². The molecule has 0 saturated carbocycles. The molecule has 136 valence electrons. The Bertz CT molecular complexity index is 348. The fraction of sp³-hybridized carbons (Fsp3) is 0.867. The Morgan fingerprint density at radius 3 is 2.48 bits per heavy atom. The van der Waals surface area contributed by atoms with Crippen molar-refractivity contribution in [3.05, 3.63) is 0 Å². The van der Waals surface area contributed by atoms with Crippen molar-refractivity contribution in [2.75, 3.05) is 46.0 Å². The largest absolute Gasteiger partial charge is 0.450 e. The van der Waals surface area contributed by atoms with Gasteiger partial charge in [-0.15, -0.1) is 24.0 Å². The molecule has 23 heavy (non-hydrogen) atoms. The number of halogens is 1. The van der Waals surface area contributed by atoms with Crippen LogP contribution >= 0.6 is 24.0 Å². The molecule has 0 bridgehead atoms. The number of ether oxygens (including phenoxy) is 2. The molecule has 1 aliphatic rings. The SMILES string of the molecule is CCNC(=NCCOCC)NC1CCN(C(=O)OCC)CC1.I. The fourth-order valence-electron chi connectivity index (χ4n) is 2.30. The van der Waals surface area contributed by atoms with Gasteiger partial charge in [0.25, 0.3) is 0 Å². The molecule has 2 N–H and O–H groups in total. The summed E-state index contributed by atoms with van der Waals surface area (Å²) in [4.78, 5) is 17.9. The maximum Gasteiger partial charge on any atom is 0.409 e. The molecule has 7 nitrogen and oxygen atoms in total. The van der Waals surface area contributed by atoms with Crippen LogP contribution in [0.25, 0.3) is 0 Å². The van der Waals surface area contributed by atoms with Gasteiger partial charge in [-0.1, -0.05) is 0 Å². The van der Waals surface area contributed by atoms with Crippen LogP contribution in [-0.2, 0) is 9.47 Å². The Balaban J connectivity index is 0.00000484. The van der Waals surface area contributed by atoms with Crippen LogP contribution in [0.2, 0.25) is 0 Å². The lowest BCUT2D eigenvalue weighted by atomic mass is 10.1. The molecular formula is C15H31IN4O3. The number of rotatable bonds is 7. The van der Waals surface area contributed by atoms with Crippen LogP contribution < -0.4 is 10.6 Å². The second kappa shape index (κ2) is 13.6. The minimum Gasteiger partial charge on any atom is -0.450 e. The van der Waals surface area contributed by atoms with Gasteiger partial charge in [-0.25, -0.2) is 4.79 Å². The van der Waals surface area contributed by atoms with E-state index in [0.717, 1.165) is 38.4 Å². The van der Waals surface area contributed by atoms with Crippen LogP contribution in [0, 0.1) is 0 Å². The highest BCUT2D eigenvalue weighted by atomic mass is 127. The standard InChI is InChI=1S/C15H30N4O3.HI/c1-4-16-14(17-9-12-21-5-2)18-13-7-10-19(11-8-13)15(20)22-6-3;/h13H,4-12H2,1-3H3,(H2,16,17,18);1H. The van der Waals surface area contributed by atoms with Crippen molar-refractivity contribution in [1.82, 2.24) is 15.5 Å². The highest BCUT2D eigenvalue weighted by molar-refractivity contribution is 14.0. The van der Waals surface area contributed by atoms with E-state index in [1.54, 1.807) is 4.90 Å². The summed E-state index contributed by atoms with van der Waals surface area (Å²) in [5.41, 5.74) is 0. The lowest BCUT2D eigenvalue weighted by molar-refractivity contribution is 0.0963. The summed E-state index contributed by atoms with van der Waals surface area (Å²) in [6.07, 6.45) is 1.59. The number of nitrogens with zero attached hydrogens (tertiary/aromatic N) is 2. The van der Waals surface area contributed by atoms with E-state index in [4.69, 9.17) is 9.47 Å². The molecule has 1 rings (SSSR count). The molecule has 8 heteroatoms. The van der Waals surface area contributed by atoms with Crippen LogP contribution in [0.15, 0.2) is 4.99 Å². The average Bonchev–Trinajstić information content (AvgIpc) is 2.52. The van der Waals surface area contributed by atoms with Crippen molar-refractivity contribution in [3.8, 4) is 0 Å². The predicted molar refractivity (Wildman–Crippen MR) is 103 cm³/mol. The third kappa shape index (κ3) is 9.19. The van der Waals surface area contributed by atoms with E-state index in [9.17, 15) is 4.79 Å². The van der Waals surface area contributed by atoms with Crippen molar-refractivity contribution >= 4 is 36.0 Å². The van der Waals surface area contributed by atoms with Crippen LogP contribution in [0.5, 0.6) is 0 Å². The Morgan fingerprint density at radius 2 is 1.91 bits per heavy atom. The van der Waals surface area contributed by atoms with Crippen molar-refractivity contribution in [2.24, 2.45) is 4.99 Å². The molecule has 0 aliphatic carbocycles. The van der Waals surface area contributed by atoms with Gasteiger partial charge in [0, 0.05) is 32.3 Å². The highest BCUT2D eigenvalue weighted by Crippen LogP contribution is 2.11. The summed E-state index contributed by atoms with van der Waals surface area (Å²) in [6.45, 7) is 10.5. The molecule has 0 aromatic carbocycles. The van der Waals surface area contributed by atoms with Crippen molar-refractivity contribution < 1.29 is 14.3 Å². The molecule has 0 atom stereocenters. The van der Waals surface area contributed by atoms with Crippen molar-refractivity contribution in [2.45, 2.75) is 39.7 Å². The van der Waals surface area contributed by atoms with Gasteiger partial charge in [-0.2, -0.15) is 0 Å². The Hall–Kier alpha value is -0.770. The lowest BCUT2D eigenvalue weighted by Gasteiger charge is -2.32. The second-order valence-electron chi connectivity index (χ2n) is 5.06. The molecular weight excluding hydrogens is 411 g/mol. The summed E-state index contributed by atoms with van der Waals surface area (Å²) in [6, 6.07) is 0.329. The van der Waals surface area contributed by atoms with E-state index in [1.165, 1.54) is 0 Å². The van der Waals surface area contributed by atoms with Gasteiger partial charge in [0.2, 0.25) is 0 Å². The molecule has 0 aromatic rings. The number of hydrogen-bond acceptors (Lipinski definition) is 4. The van der Waals surface area contributed by atoms with E-state index >= 15 is 0 Å². The normalized spacial score (nSPS) is 15.8. The van der Waals surface area contributed by atoms with Crippen LogP contribution in [0.4, 0.5) is 4.79 Å². The molecule has 1 saturated heterocycles. The number of guanidine groups is 1. The molecule has 1 heterocycles. The van der Waals surface area contributed by atoms with Gasteiger partial charge in [0.1, 0.15) is 0 Å². The summed E-state index contributed by atoms with van der Waals surface area (Å²) < 4.78 is 10.3. The zero-order chi connectivity index (χ0) is 16.2. The molecule has 1 aliphatic heterocycles. The third-order valence-electron chi connectivity index (χ3n) is 3.42. The molecule has 0 spiro atoms. The first-order valence-corrected chi connectivity index (χ1v) is 8.25. The lowest BCUT2D eigenvalue weighted by Crippen LogP contribution is -2.50. The number of likely N-dealkylation sites (tertiary alicyclic amines) is 1. The van der Waals surface area contributed by atoms with Gasteiger partial charge in [0.15, 0.2) is 5.96 Å². The molecule has 1 fully saturated rings. The van der Waals surface area contributed by atoms with Crippen molar-refractivity contribution in [1.29, 1.82) is 0 Å². The third-order valence-corrected chi connectivity index (χ3v) is 3.42. The van der Waals surface area contributed by atoms with Crippen LogP contribution in [0.3, 0.4) is 0 Å². The number of aliphatic imine (C=N–C) groups is 1.